The lowest BCUT2D eigenvalue weighted by molar-refractivity contribution is 0.794. The summed E-state index contributed by atoms with van der Waals surface area (Å²) in [5.41, 5.74) is 29.0. The van der Waals surface area contributed by atoms with Gasteiger partial charge in [0.25, 0.3) is 6.71 Å². The van der Waals surface area contributed by atoms with E-state index in [1.807, 2.05) is 24.4 Å². The Kier molecular flexibility index (Phi) is 8.95. The van der Waals surface area contributed by atoms with Crippen LogP contribution in [0.25, 0.3) is 56.2 Å². The second kappa shape index (κ2) is 15.7. The van der Waals surface area contributed by atoms with Crippen molar-refractivity contribution in [2.75, 3.05) is 9.80 Å². The van der Waals surface area contributed by atoms with Crippen LogP contribution in [0, 0.1) is 20.8 Å². The molecular weight excluding hydrogens is 886 g/mol. The maximum absolute atomic E-state index is 5.33. The number of rotatable bonds is 5. The first-order valence-corrected chi connectivity index (χ1v) is 25.3. The van der Waals surface area contributed by atoms with Crippen molar-refractivity contribution in [2.24, 2.45) is 0 Å². The Labute approximate surface area is 425 Å². The SMILES string of the molecule is Cc1ccc(N2c3ccc(C)cc3B3c4cc5c(cc4N(c4ccccc4)c4cc(C)cc2c43)C2(c3ccccc3-c3ccc(-c4cc(-c6ccccc6)nc(-c6cccnc6)n4)cc32)c2ccccc2-5)cc1. The number of benzene rings is 9. The molecule has 4 aliphatic rings. The fourth-order valence-corrected chi connectivity index (χ4v) is 12.8. The van der Waals surface area contributed by atoms with Crippen LogP contribution in [-0.2, 0) is 5.41 Å². The van der Waals surface area contributed by atoms with Gasteiger partial charge in [-0.05, 0) is 160 Å². The van der Waals surface area contributed by atoms with E-state index in [1.54, 1.807) is 6.20 Å². The summed E-state index contributed by atoms with van der Waals surface area (Å²) in [6, 6.07) is 79.0. The number of para-hydroxylation sites is 1. The number of aryl methyl sites for hydroxylation is 3. The maximum atomic E-state index is 5.33. The molecule has 0 fully saturated rings. The van der Waals surface area contributed by atoms with Crippen LogP contribution in [-0.4, -0.2) is 21.7 Å². The molecule has 0 amide bonds. The summed E-state index contributed by atoms with van der Waals surface area (Å²) >= 11 is 0. The topological polar surface area (TPSA) is 45.2 Å². The summed E-state index contributed by atoms with van der Waals surface area (Å²) < 4.78 is 0. The molecule has 0 N–H and O–H groups in total. The fraction of sp³-hybridized carbons (Fsp3) is 0.0597. The van der Waals surface area contributed by atoms with Crippen LogP contribution in [0.4, 0.5) is 34.1 Å². The van der Waals surface area contributed by atoms with E-state index < -0.39 is 5.41 Å². The molecule has 9 aromatic carbocycles. The molecule has 73 heavy (non-hydrogen) atoms. The van der Waals surface area contributed by atoms with E-state index in [-0.39, 0.29) is 6.71 Å². The lowest BCUT2D eigenvalue weighted by Gasteiger charge is -2.45. The highest BCUT2D eigenvalue weighted by Crippen LogP contribution is 2.64. The van der Waals surface area contributed by atoms with Crippen molar-refractivity contribution in [1.29, 1.82) is 0 Å². The monoisotopic (exact) mass is 931 g/mol. The van der Waals surface area contributed by atoms with Crippen LogP contribution in [0.2, 0.25) is 0 Å². The van der Waals surface area contributed by atoms with Gasteiger partial charge in [-0.25, -0.2) is 9.97 Å². The summed E-state index contributed by atoms with van der Waals surface area (Å²) in [4.78, 5) is 20.0. The Morgan fingerprint density at radius 1 is 0.384 bits per heavy atom. The molecule has 1 unspecified atom stereocenters. The highest BCUT2D eigenvalue weighted by atomic mass is 15.2. The molecule has 0 saturated heterocycles. The first-order chi connectivity index (χ1) is 35.9. The molecule has 0 radical (unpaired) electrons. The van der Waals surface area contributed by atoms with E-state index in [1.165, 1.54) is 100 Å². The highest BCUT2D eigenvalue weighted by molar-refractivity contribution is 7.00. The van der Waals surface area contributed by atoms with Gasteiger partial charge in [-0.2, -0.15) is 0 Å². The predicted octanol–water partition coefficient (Wildman–Crippen LogP) is 14.2. The van der Waals surface area contributed by atoms with Crippen molar-refractivity contribution in [2.45, 2.75) is 26.2 Å². The Morgan fingerprint density at radius 2 is 0.973 bits per heavy atom. The molecule has 4 heterocycles. The lowest BCUT2D eigenvalue weighted by atomic mass is 9.33. The van der Waals surface area contributed by atoms with Crippen molar-refractivity contribution in [1.82, 2.24) is 15.0 Å². The Bertz CT molecular complexity index is 4020. The molecule has 0 bridgehead atoms. The number of hydrogen-bond acceptors (Lipinski definition) is 5. The second-order valence-electron chi connectivity index (χ2n) is 20.2. The van der Waals surface area contributed by atoms with Gasteiger partial charge in [0.1, 0.15) is 0 Å². The first kappa shape index (κ1) is 41.6. The quantitative estimate of drug-likeness (QED) is 0.161. The van der Waals surface area contributed by atoms with E-state index in [0.717, 1.165) is 39.5 Å². The summed E-state index contributed by atoms with van der Waals surface area (Å²) in [5.74, 6) is 0.646. The highest BCUT2D eigenvalue weighted by Gasteiger charge is 2.53. The van der Waals surface area contributed by atoms with Gasteiger partial charge in [-0.15, -0.1) is 0 Å². The van der Waals surface area contributed by atoms with Crippen LogP contribution in [0.15, 0.2) is 225 Å². The van der Waals surface area contributed by atoms with Gasteiger partial charge in [0.15, 0.2) is 5.82 Å². The van der Waals surface area contributed by atoms with Crippen LogP contribution in [0.1, 0.15) is 38.9 Å². The molecule has 1 spiro atoms. The summed E-state index contributed by atoms with van der Waals surface area (Å²) in [7, 11) is 0. The smallest absolute Gasteiger partial charge is 0.252 e. The van der Waals surface area contributed by atoms with Crippen molar-refractivity contribution >= 4 is 57.2 Å². The third-order valence-corrected chi connectivity index (χ3v) is 15.9. The maximum Gasteiger partial charge on any atom is 0.252 e. The molecule has 342 valence electrons. The summed E-state index contributed by atoms with van der Waals surface area (Å²) in [6.45, 7) is 6.63. The summed E-state index contributed by atoms with van der Waals surface area (Å²) in [5, 5.41) is 0. The van der Waals surface area contributed by atoms with Gasteiger partial charge in [0, 0.05) is 63.2 Å². The second-order valence-corrected chi connectivity index (χ2v) is 20.2. The van der Waals surface area contributed by atoms with E-state index in [2.05, 4.69) is 230 Å². The van der Waals surface area contributed by atoms with Crippen molar-refractivity contribution in [3.05, 3.63) is 264 Å². The zero-order chi connectivity index (χ0) is 48.5. The normalized spacial score (nSPS) is 15.0. The Hall–Kier alpha value is -9.13. The minimum atomic E-state index is -0.631. The average Bonchev–Trinajstić information content (AvgIpc) is 3.90. The molecule has 11 aromatic rings. The number of fused-ring (bicyclic) bond motifs is 14. The van der Waals surface area contributed by atoms with Crippen LogP contribution in [0.3, 0.4) is 0 Å². The first-order valence-electron chi connectivity index (χ1n) is 25.3. The molecule has 6 heteroatoms. The fourth-order valence-electron chi connectivity index (χ4n) is 12.8. The third-order valence-electron chi connectivity index (χ3n) is 15.9. The average molecular weight is 932 g/mol. The Morgan fingerprint density at radius 3 is 1.70 bits per heavy atom. The van der Waals surface area contributed by atoms with Crippen molar-refractivity contribution in [3.8, 4) is 56.2 Å². The Balaban J connectivity index is 1.01. The molecule has 1 atom stereocenters. The van der Waals surface area contributed by atoms with Gasteiger partial charge in [-0.3, -0.25) is 4.98 Å². The molecule has 2 aromatic heterocycles. The van der Waals surface area contributed by atoms with Crippen LogP contribution in [0.5, 0.6) is 0 Å². The number of anilines is 6. The number of pyridine rings is 1. The van der Waals surface area contributed by atoms with E-state index >= 15 is 0 Å². The van der Waals surface area contributed by atoms with E-state index in [0.29, 0.717) is 5.82 Å². The minimum Gasteiger partial charge on any atom is -0.311 e. The molecule has 5 nitrogen and oxygen atoms in total. The van der Waals surface area contributed by atoms with Gasteiger partial charge >= 0.3 is 0 Å². The van der Waals surface area contributed by atoms with E-state index in [9.17, 15) is 0 Å². The van der Waals surface area contributed by atoms with Gasteiger partial charge in [0.2, 0.25) is 0 Å². The number of hydrogen-bond donors (Lipinski definition) is 0. The van der Waals surface area contributed by atoms with Crippen molar-refractivity contribution < 1.29 is 0 Å². The number of nitrogens with zero attached hydrogens (tertiary/aromatic N) is 5. The van der Waals surface area contributed by atoms with Gasteiger partial charge in [0.05, 0.1) is 16.8 Å². The van der Waals surface area contributed by atoms with Gasteiger partial charge < -0.3 is 9.80 Å². The molecule has 0 saturated carbocycles. The van der Waals surface area contributed by atoms with Gasteiger partial charge in [-0.1, -0.05) is 151 Å². The third kappa shape index (κ3) is 6.01. The minimum absolute atomic E-state index is 0.0217. The molecule has 2 aliphatic heterocycles. The standard InChI is InChI=1S/C67H46BN5/c1-41-24-28-48(29-25-41)72-61-31-26-42(2)33-57(61)68-58-37-52-50-21-11-13-23-54(50)67(56(52)38-62(58)73(47-18-8-5-9-19-47)64-35-43(3)34-63(72)65(64)68)53-22-12-10-20-49(53)51-30-27-45(36-55(51)67)60-39-59(44-15-6-4-7-16-44)70-66(71-60)46-17-14-32-69-40-46/h4-40H,1-3H3. The molecule has 2 aliphatic carbocycles. The zero-order valence-corrected chi connectivity index (χ0v) is 40.7. The lowest BCUT2D eigenvalue weighted by Crippen LogP contribution is -2.61. The summed E-state index contributed by atoms with van der Waals surface area (Å²) in [6.07, 6.45) is 3.64. The molecular formula is C67H46BN5. The zero-order valence-electron chi connectivity index (χ0n) is 40.7. The molecule has 15 rings (SSSR count). The number of aromatic nitrogens is 3. The largest absolute Gasteiger partial charge is 0.311 e. The predicted molar refractivity (Wildman–Crippen MR) is 301 cm³/mol. The van der Waals surface area contributed by atoms with Crippen LogP contribution >= 0.6 is 0 Å². The van der Waals surface area contributed by atoms with Crippen molar-refractivity contribution in [3.63, 3.8) is 0 Å². The van der Waals surface area contributed by atoms with E-state index in [4.69, 9.17) is 9.97 Å². The van der Waals surface area contributed by atoms with Crippen LogP contribution < -0.4 is 26.2 Å².